The minimum absolute atomic E-state index is 0.197. The largest absolute Gasteiger partial charge is 0.368 e. The molecule has 2 rings (SSSR count). The molecule has 0 amide bonds. The lowest BCUT2D eigenvalue weighted by Gasteiger charge is -2.34. The van der Waals surface area contributed by atoms with E-state index in [0.717, 1.165) is 31.1 Å². The number of nitrogens with two attached hydrogens (primary N) is 1. The number of hydrogen-bond acceptors (Lipinski definition) is 2. The Kier molecular flexibility index (Phi) is 2.77. The van der Waals surface area contributed by atoms with Crippen molar-refractivity contribution in [3.05, 3.63) is 0 Å². The first-order valence-corrected chi connectivity index (χ1v) is 5.82. The minimum atomic E-state index is 0.197. The van der Waals surface area contributed by atoms with Crippen molar-refractivity contribution in [1.29, 1.82) is 5.41 Å². The molecule has 14 heavy (non-hydrogen) atoms. The van der Waals surface area contributed by atoms with Crippen molar-refractivity contribution < 1.29 is 0 Å². The summed E-state index contributed by atoms with van der Waals surface area (Å²) < 4.78 is 0. The van der Waals surface area contributed by atoms with Crippen molar-refractivity contribution in [2.24, 2.45) is 11.7 Å². The van der Waals surface area contributed by atoms with Gasteiger partial charge in [0.1, 0.15) is 0 Å². The van der Waals surface area contributed by atoms with Gasteiger partial charge in [-0.25, -0.2) is 0 Å². The fourth-order valence-corrected chi connectivity index (χ4v) is 2.76. The number of hydrogen-bond donors (Lipinski definition) is 3. The lowest BCUT2D eigenvalue weighted by atomic mass is 9.85. The van der Waals surface area contributed by atoms with Gasteiger partial charge < -0.3 is 11.1 Å². The summed E-state index contributed by atoms with van der Waals surface area (Å²) in [5.41, 5.74) is 5.89. The van der Waals surface area contributed by atoms with Gasteiger partial charge in [-0.1, -0.05) is 6.42 Å². The predicted molar refractivity (Wildman–Crippen MR) is 58.5 cm³/mol. The number of rotatable bonds is 3. The van der Waals surface area contributed by atoms with E-state index in [2.05, 4.69) is 5.32 Å². The molecular formula is C11H21N3. The third-order valence-corrected chi connectivity index (χ3v) is 3.65. The van der Waals surface area contributed by atoms with E-state index in [-0.39, 0.29) is 5.54 Å². The van der Waals surface area contributed by atoms with E-state index in [9.17, 15) is 0 Å². The molecule has 0 spiro atoms. The molecule has 1 atom stereocenters. The number of amidine groups is 1. The molecule has 1 heterocycles. The van der Waals surface area contributed by atoms with Crippen LogP contribution in [0.1, 0.15) is 44.9 Å². The van der Waals surface area contributed by atoms with Gasteiger partial charge in [-0.05, 0) is 44.6 Å². The predicted octanol–water partition coefficient (Wildman–Crippen LogP) is 1.62. The molecule has 0 aromatic heterocycles. The van der Waals surface area contributed by atoms with Crippen molar-refractivity contribution >= 4 is 5.84 Å². The van der Waals surface area contributed by atoms with E-state index in [4.69, 9.17) is 11.1 Å². The average Bonchev–Trinajstić information content (AvgIpc) is 2.92. The molecule has 0 aromatic rings. The molecule has 1 saturated heterocycles. The molecule has 2 aliphatic rings. The highest BCUT2D eigenvalue weighted by atomic mass is 15.0. The Morgan fingerprint density at radius 3 is 2.86 bits per heavy atom. The van der Waals surface area contributed by atoms with Crippen LogP contribution in [0.2, 0.25) is 0 Å². The second-order valence-corrected chi connectivity index (χ2v) is 4.78. The molecule has 80 valence electrons. The third kappa shape index (κ3) is 1.92. The van der Waals surface area contributed by atoms with E-state index in [1.54, 1.807) is 0 Å². The second kappa shape index (κ2) is 3.89. The maximum Gasteiger partial charge on any atom is 0.0935 e. The van der Waals surface area contributed by atoms with Crippen LogP contribution in [0.25, 0.3) is 0 Å². The molecule has 4 N–H and O–H groups in total. The van der Waals surface area contributed by atoms with Crippen molar-refractivity contribution in [1.82, 2.24) is 5.32 Å². The summed E-state index contributed by atoms with van der Waals surface area (Å²) in [6.07, 6.45) is 8.29. The highest BCUT2D eigenvalue weighted by molar-refractivity contribution is 5.80. The summed E-state index contributed by atoms with van der Waals surface area (Å²) in [6, 6.07) is 0. The first-order valence-electron chi connectivity index (χ1n) is 5.82. The Bertz CT molecular complexity index is 223. The second-order valence-electron chi connectivity index (χ2n) is 4.78. The summed E-state index contributed by atoms with van der Waals surface area (Å²) in [7, 11) is 0. The van der Waals surface area contributed by atoms with Crippen LogP contribution in [0.5, 0.6) is 0 Å². The quantitative estimate of drug-likeness (QED) is 0.641. The van der Waals surface area contributed by atoms with E-state index >= 15 is 0 Å². The van der Waals surface area contributed by atoms with Crippen molar-refractivity contribution in [2.75, 3.05) is 6.54 Å². The average molecular weight is 195 g/mol. The van der Waals surface area contributed by atoms with Gasteiger partial charge in [-0.3, -0.25) is 5.41 Å². The van der Waals surface area contributed by atoms with Crippen LogP contribution in [0.15, 0.2) is 0 Å². The molecule has 0 bridgehead atoms. The number of nitrogens with one attached hydrogen (secondary N) is 2. The normalized spacial score (nSPS) is 33.6. The summed E-state index contributed by atoms with van der Waals surface area (Å²) in [4.78, 5) is 0. The zero-order chi connectivity index (χ0) is 10.0. The minimum Gasteiger partial charge on any atom is -0.368 e. The van der Waals surface area contributed by atoms with E-state index in [1.165, 1.54) is 32.1 Å². The summed E-state index contributed by atoms with van der Waals surface area (Å²) in [5.74, 6) is 1.53. The molecule has 2 fully saturated rings. The van der Waals surface area contributed by atoms with Crippen LogP contribution in [0.4, 0.5) is 0 Å². The van der Waals surface area contributed by atoms with Crippen molar-refractivity contribution in [2.45, 2.75) is 50.5 Å². The van der Waals surface area contributed by atoms with Gasteiger partial charge in [0.15, 0.2) is 0 Å². The lowest BCUT2D eigenvalue weighted by Crippen LogP contribution is -2.50. The summed E-state index contributed by atoms with van der Waals surface area (Å²) in [5, 5.41) is 11.3. The van der Waals surface area contributed by atoms with Crippen molar-refractivity contribution in [3.8, 4) is 0 Å². The van der Waals surface area contributed by atoms with Gasteiger partial charge in [0.05, 0.1) is 5.84 Å². The molecule has 1 aliphatic heterocycles. The zero-order valence-corrected chi connectivity index (χ0v) is 8.81. The van der Waals surface area contributed by atoms with Crippen LogP contribution in [0, 0.1) is 11.3 Å². The van der Waals surface area contributed by atoms with Crippen LogP contribution in [-0.4, -0.2) is 17.9 Å². The molecule has 0 radical (unpaired) electrons. The van der Waals surface area contributed by atoms with Crippen LogP contribution < -0.4 is 11.1 Å². The van der Waals surface area contributed by atoms with Gasteiger partial charge in [0.25, 0.3) is 0 Å². The first-order chi connectivity index (χ1) is 6.77. The van der Waals surface area contributed by atoms with Gasteiger partial charge in [0, 0.05) is 12.0 Å². The fourth-order valence-electron chi connectivity index (χ4n) is 2.76. The monoisotopic (exact) mass is 195 g/mol. The molecule has 0 aromatic carbocycles. The zero-order valence-electron chi connectivity index (χ0n) is 8.81. The van der Waals surface area contributed by atoms with E-state index in [0.29, 0.717) is 0 Å². The maximum atomic E-state index is 7.83. The van der Waals surface area contributed by atoms with Gasteiger partial charge in [-0.15, -0.1) is 0 Å². The summed E-state index contributed by atoms with van der Waals surface area (Å²) in [6.45, 7) is 0.747. The lowest BCUT2D eigenvalue weighted by molar-refractivity contribution is 0.286. The van der Waals surface area contributed by atoms with Crippen LogP contribution in [-0.2, 0) is 0 Å². The molecule has 3 heteroatoms. The van der Waals surface area contributed by atoms with Gasteiger partial charge >= 0.3 is 0 Å². The first kappa shape index (κ1) is 9.97. The van der Waals surface area contributed by atoms with Gasteiger partial charge in [0.2, 0.25) is 0 Å². The van der Waals surface area contributed by atoms with Gasteiger partial charge in [-0.2, -0.15) is 0 Å². The molecule has 3 nitrogen and oxygen atoms in total. The molecular weight excluding hydrogens is 174 g/mol. The highest BCUT2D eigenvalue weighted by Gasteiger charge is 2.45. The summed E-state index contributed by atoms with van der Waals surface area (Å²) >= 11 is 0. The molecule has 1 saturated carbocycles. The van der Waals surface area contributed by atoms with E-state index < -0.39 is 0 Å². The highest BCUT2D eigenvalue weighted by Crippen LogP contribution is 2.45. The molecule has 1 aliphatic carbocycles. The Hall–Kier alpha value is -0.570. The van der Waals surface area contributed by atoms with E-state index in [1.807, 2.05) is 0 Å². The van der Waals surface area contributed by atoms with Crippen molar-refractivity contribution in [3.63, 3.8) is 0 Å². The SMILES string of the molecule is N=C1CCCCC(CCN)(C2CC2)N1. The Morgan fingerprint density at radius 1 is 1.43 bits per heavy atom. The Morgan fingerprint density at radius 2 is 2.21 bits per heavy atom. The maximum absolute atomic E-state index is 7.83. The molecule has 1 unspecified atom stereocenters. The Balaban J connectivity index is 2.09. The Labute approximate surface area is 86.0 Å². The topological polar surface area (TPSA) is 61.9 Å². The van der Waals surface area contributed by atoms with Crippen LogP contribution >= 0.6 is 0 Å². The smallest absolute Gasteiger partial charge is 0.0935 e. The third-order valence-electron chi connectivity index (χ3n) is 3.65. The van der Waals surface area contributed by atoms with Crippen LogP contribution in [0.3, 0.4) is 0 Å². The fraction of sp³-hybridized carbons (Fsp3) is 0.909. The standard InChI is InChI=1S/C11H21N3/c12-8-7-11(9-4-5-9)6-2-1-3-10(13)14-11/h9H,1-8,12H2,(H2,13,14).